The number of rotatable bonds is 5. The molecule has 0 saturated carbocycles. The van der Waals surface area contributed by atoms with Gasteiger partial charge in [0, 0.05) is 44.3 Å². The van der Waals surface area contributed by atoms with E-state index in [2.05, 4.69) is 172 Å². The number of hydrogen-bond acceptors (Lipinski definition) is 4. The number of piperidine rings is 4. The summed E-state index contributed by atoms with van der Waals surface area (Å²) in [4.78, 5) is 10.9. The molecule has 4 rings (SSSR count). The first-order valence-corrected chi connectivity index (χ1v) is 20.1. The molecule has 0 aromatic carbocycles. The lowest BCUT2D eigenvalue weighted by Gasteiger charge is -2.72. The zero-order valence-corrected chi connectivity index (χ0v) is 36.8. The maximum absolute atomic E-state index is 2.91. The summed E-state index contributed by atoms with van der Waals surface area (Å²) in [6, 6.07) is 0. The van der Waals surface area contributed by atoms with Crippen LogP contribution in [-0.2, 0) is 0 Å². The standard InChI is InChI=1S/C44H86N4/c1-35(2)23-31(24-36(3,4)45(35)19)43(17,32-25-37(5,6)46(20)38(7,8)26-32)44(18,33-27-39(9,10)47(21)40(11,12)28-33)34-29-41(13,14)48(22)42(15,16)30-34/h31-34H,23-30H2,1-22H3. The number of nitrogens with zero attached hydrogens (tertiary/aromatic N) is 4. The smallest absolute Gasteiger partial charge is 0.0158 e. The second-order valence-corrected chi connectivity index (χ2v) is 23.7. The first kappa shape index (κ1) is 40.6. The highest BCUT2D eigenvalue weighted by Crippen LogP contribution is 2.70. The van der Waals surface area contributed by atoms with Crippen LogP contribution in [0.5, 0.6) is 0 Å². The van der Waals surface area contributed by atoms with E-state index in [-0.39, 0.29) is 55.1 Å². The predicted molar refractivity (Wildman–Crippen MR) is 211 cm³/mol. The topological polar surface area (TPSA) is 13.0 Å². The molecule has 0 amide bonds. The molecule has 4 heterocycles. The van der Waals surface area contributed by atoms with Crippen molar-refractivity contribution >= 4 is 0 Å². The lowest BCUT2D eigenvalue weighted by Crippen LogP contribution is -2.71. The fourth-order valence-electron chi connectivity index (χ4n) is 13.6. The predicted octanol–water partition coefficient (Wildman–Crippen LogP) is 10.6. The first-order chi connectivity index (χ1) is 21.1. The fourth-order valence-corrected chi connectivity index (χ4v) is 13.6. The lowest BCUT2D eigenvalue weighted by molar-refractivity contribution is -0.225. The minimum Gasteiger partial charge on any atom is -0.296 e. The molecular formula is C44H86N4. The molecule has 4 aliphatic rings. The zero-order valence-electron chi connectivity index (χ0n) is 36.8. The molecule has 4 heteroatoms. The maximum atomic E-state index is 2.91. The van der Waals surface area contributed by atoms with Crippen LogP contribution in [0, 0.1) is 34.5 Å². The second-order valence-electron chi connectivity index (χ2n) is 23.7. The molecule has 282 valence electrons. The Morgan fingerprint density at radius 2 is 0.396 bits per heavy atom. The Balaban J connectivity index is 2.09. The van der Waals surface area contributed by atoms with Crippen LogP contribution in [0.4, 0.5) is 0 Å². The lowest BCUT2D eigenvalue weighted by atomic mass is 9.38. The third kappa shape index (κ3) is 6.31. The van der Waals surface area contributed by atoms with E-state index in [1.807, 2.05) is 0 Å². The molecule has 0 aromatic rings. The molecule has 0 atom stereocenters. The largest absolute Gasteiger partial charge is 0.296 e. The molecule has 0 aliphatic carbocycles. The van der Waals surface area contributed by atoms with E-state index < -0.39 is 0 Å². The van der Waals surface area contributed by atoms with Crippen molar-refractivity contribution in [2.75, 3.05) is 28.2 Å². The SMILES string of the molecule is CN1C(C)(C)CC(C(C)(C2CC(C)(C)N(C)C(C)(C)C2)C(C)(C2CC(C)(C)N(C)C(C)(C)C2)C2CC(C)(C)N(C)C(C)(C)C2)CC1(C)C. The highest BCUT2D eigenvalue weighted by atomic mass is 15.3. The highest BCUT2D eigenvalue weighted by Gasteiger charge is 2.67. The van der Waals surface area contributed by atoms with Gasteiger partial charge < -0.3 is 0 Å². The van der Waals surface area contributed by atoms with Gasteiger partial charge in [0.25, 0.3) is 0 Å². The van der Waals surface area contributed by atoms with Gasteiger partial charge in [-0.3, -0.25) is 19.6 Å². The van der Waals surface area contributed by atoms with Crippen molar-refractivity contribution in [3.05, 3.63) is 0 Å². The molecule has 4 aliphatic heterocycles. The van der Waals surface area contributed by atoms with Gasteiger partial charge in [0.2, 0.25) is 0 Å². The second kappa shape index (κ2) is 11.7. The van der Waals surface area contributed by atoms with Gasteiger partial charge in [0.1, 0.15) is 0 Å². The monoisotopic (exact) mass is 671 g/mol. The van der Waals surface area contributed by atoms with E-state index in [0.717, 1.165) is 0 Å². The molecule has 0 radical (unpaired) electrons. The zero-order chi connectivity index (χ0) is 37.3. The molecule has 0 N–H and O–H groups in total. The van der Waals surface area contributed by atoms with Crippen LogP contribution < -0.4 is 0 Å². The third-order valence-corrected chi connectivity index (χ3v) is 17.8. The quantitative estimate of drug-likeness (QED) is 0.289. The summed E-state index contributed by atoms with van der Waals surface area (Å²) in [5.74, 6) is 2.61. The molecule has 4 fully saturated rings. The van der Waals surface area contributed by atoms with Gasteiger partial charge in [-0.15, -0.1) is 0 Å². The normalized spacial score (nSPS) is 32.4. The van der Waals surface area contributed by atoms with Crippen LogP contribution in [0.25, 0.3) is 0 Å². The van der Waals surface area contributed by atoms with Crippen LogP contribution in [0.1, 0.15) is 176 Å². The summed E-state index contributed by atoms with van der Waals surface area (Å²) >= 11 is 0. The summed E-state index contributed by atoms with van der Waals surface area (Å²) in [6.45, 7) is 46.8. The molecule has 0 aromatic heterocycles. The minimum atomic E-state index is 0.154. The van der Waals surface area contributed by atoms with Gasteiger partial charge >= 0.3 is 0 Å². The van der Waals surface area contributed by atoms with E-state index in [9.17, 15) is 0 Å². The average molecular weight is 671 g/mol. The van der Waals surface area contributed by atoms with Crippen LogP contribution in [0.15, 0.2) is 0 Å². The summed E-state index contributed by atoms with van der Waals surface area (Å²) < 4.78 is 0. The molecule has 4 nitrogen and oxygen atoms in total. The Kier molecular flexibility index (Phi) is 9.87. The Morgan fingerprint density at radius 3 is 0.500 bits per heavy atom. The molecular weight excluding hydrogens is 585 g/mol. The van der Waals surface area contributed by atoms with Crippen LogP contribution in [0.2, 0.25) is 0 Å². The van der Waals surface area contributed by atoms with Gasteiger partial charge in [-0.2, -0.15) is 0 Å². The van der Waals surface area contributed by atoms with Crippen molar-refractivity contribution in [2.24, 2.45) is 34.5 Å². The van der Waals surface area contributed by atoms with Gasteiger partial charge in [-0.25, -0.2) is 0 Å². The van der Waals surface area contributed by atoms with E-state index in [1.54, 1.807) is 0 Å². The molecule has 48 heavy (non-hydrogen) atoms. The average Bonchev–Trinajstić information content (AvgIpc) is 2.89. The number of likely N-dealkylation sites (tertiary alicyclic amines) is 4. The summed E-state index contributed by atoms with van der Waals surface area (Å²) in [5.41, 5.74) is 1.57. The third-order valence-electron chi connectivity index (χ3n) is 17.8. The Labute approximate surface area is 301 Å². The van der Waals surface area contributed by atoms with Crippen molar-refractivity contribution in [3.8, 4) is 0 Å². The molecule has 0 spiro atoms. The van der Waals surface area contributed by atoms with Gasteiger partial charge in [-0.1, -0.05) is 13.8 Å². The first-order valence-electron chi connectivity index (χ1n) is 20.1. The van der Waals surface area contributed by atoms with Crippen molar-refractivity contribution in [1.29, 1.82) is 0 Å². The van der Waals surface area contributed by atoms with E-state index in [4.69, 9.17) is 0 Å². The van der Waals surface area contributed by atoms with Gasteiger partial charge in [0.15, 0.2) is 0 Å². The minimum absolute atomic E-state index is 0.154. The fraction of sp³-hybridized carbons (Fsp3) is 1.00. The number of hydrogen-bond donors (Lipinski definition) is 0. The highest BCUT2D eigenvalue weighted by molar-refractivity contribution is 5.18. The van der Waals surface area contributed by atoms with Gasteiger partial charge in [-0.05, 0) is 225 Å². The molecule has 4 saturated heterocycles. The molecule has 0 bridgehead atoms. The maximum Gasteiger partial charge on any atom is 0.0158 e. The van der Waals surface area contributed by atoms with Crippen LogP contribution >= 0.6 is 0 Å². The van der Waals surface area contributed by atoms with Crippen molar-refractivity contribution in [3.63, 3.8) is 0 Å². The van der Waals surface area contributed by atoms with E-state index >= 15 is 0 Å². The van der Waals surface area contributed by atoms with Crippen LogP contribution in [0.3, 0.4) is 0 Å². The molecule has 0 unspecified atom stereocenters. The van der Waals surface area contributed by atoms with Crippen molar-refractivity contribution < 1.29 is 0 Å². The summed E-state index contributed by atoms with van der Waals surface area (Å²) in [5, 5.41) is 0. The van der Waals surface area contributed by atoms with Crippen molar-refractivity contribution in [2.45, 2.75) is 220 Å². The Morgan fingerprint density at radius 1 is 0.292 bits per heavy atom. The van der Waals surface area contributed by atoms with E-state index in [1.165, 1.54) is 51.4 Å². The Bertz CT molecular complexity index is 936. The summed E-state index contributed by atoms with van der Waals surface area (Å²) in [7, 11) is 9.66. The summed E-state index contributed by atoms with van der Waals surface area (Å²) in [6.07, 6.45) is 10.3. The van der Waals surface area contributed by atoms with Crippen molar-refractivity contribution in [1.82, 2.24) is 19.6 Å². The Hall–Kier alpha value is -0.160. The van der Waals surface area contributed by atoms with Crippen LogP contribution in [-0.4, -0.2) is 92.1 Å². The van der Waals surface area contributed by atoms with Gasteiger partial charge in [0.05, 0.1) is 0 Å². The van der Waals surface area contributed by atoms with E-state index in [0.29, 0.717) is 23.7 Å².